The molecule has 0 radical (unpaired) electrons. The molecule has 5 rings (SSSR count). The van der Waals surface area contributed by atoms with Crippen LogP contribution in [0.5, 0.6) is 5.75 Å². The second kappa shape index (κ2) is 11.9. The average molecular weight is 537 g/mol. The fourth-order valence-corrected chi connectivity index (χ4v) is 5.82. The number of allylic oxidation sites excluding steroid dienone is 2. The summed E-state index contributed by atoms with van der Waals surface area (Å²) in [5.41, 5.74) is 6.29. The van der Waals surface area contributed by atoms with Gasteiger partial charge < -0.3 is 14.4 Å². The summed E-state index contributed by atoms with van der Waals surface area (Å²) >= 11 is 0. The van der Waals surface area contributed by atoms with Crippen molar-refractivity contribution in [3.05, 3.63) is 107 Å². The summed E-state index contributed by atoms with van der Waals surface area (Å²) < 4.78 is 11.1. The van der Waals surface area contributed by atoms with Gasteiger partial charge >= 0.3 is 5.97 Å². The average Bonchev–Trinajstić information content (AvgIpc) is 2.97. The number of hydrogen-bond acceptors (Lipinski definition) is 6. The second-order valence-corrected chi connectivity index (χ2v) is 10.8. The number of methoxy groups -OCH3 is 1. The SMILES string of the molecule is COc1ccc([C@H]2CC(=O)C3=C(C2)N=C(C)C(C(=O)OCCc2ccccc2)[C@H]3c2ccc(N(C)C)cc2)cc1. The summed E-state index contributed by atoms with van der Waals surface area (Å²) in [4.78, 5) is 34.4. The number of rotatable bonds is 8. The molecule has 0 fully saturated rings. The van der Waals surface area contributed by atoms with E-state index in [-0.39, 0.29) is 24.3 Å². The van der Waals surface area contributed by atoms with Crippen LogP contribution in [0, 0.1) is 5.92 Å². The third-order valence-electron chi connectivity index (χ3n) is 7.98. The van der Waals surface area contributed by atoms with Gasteiger partial charge in [-0.05, 0) is 60.2 Å². The Morgan fingerprint density at radius 3 is 2.25 bits per heavy atom. The van der Waals surface area contributed by atoms with Crippen molar-refractivity contribution in [1.29, 1.82) is 0 Å². The van der Waals surface area contributed by atoms with Crippen molar-refractivity contribution in [2.75, 3.05) is 32.7 Å². The van der Waals surface area contributed by atoms with Crippen LogP contribution >= 0.6 is 0 Å². The lowest BCUT2D eigenvalue weighted by molar-refractivity contribution is -0.146. The minimum absolute atomic E-state index is 0.0276. The van der Waals surface area contributed by atoms with Crippen LogP contribution in [0.4, 0.5) is 5.69 Å². The molecule has 40 heavy (non-hydrogen) atoms. The van der Waals surface area contributed by atoms with Crippen LogP contribution < -0.4 is 9.64 Å². The molecule has 3 aromatic carbocycles. The normalized spacial score (nSPS) is 20.4. The van der Waals surface area contributed by atoms with Gasteiger partial charge in [0.15, 0.2) is 5.78 Å². The quantitative estimate of drug-likeness (QED) is 0.325. The Bertz CT molecular complexity index is 1420. The maximum Gasteiger partial charge on any atom is 0.315 e. The van der Waals surface area contributed by atoms with E-state index in [1.54, 1.807) is 7.11 Å². The molecule has 1 aliphatic carbocycles. The minimum Gasteiger partial charge on any atom is -0.497 e. The molecule has 3 aromatic rings. The van der Waals surface area contributed by atoms with Gasteiger partial charge in [0, 0.05) is 55.5 Å². The number of anilines is 1. The lowest BCUT2D eigenvalue weighted by Crippen LogP contribution is -2.38. The molecule has 1 heterocycles. The monoisotopic (exact) mass is 536 g/mol. The number of aliphatic imine (C=N–C) groups is 1. The van der Waals surface area contributed by atoms with Crippen LogP contribution in [0.1, 0.15) is 48.3 Å². The summed E-state index contributed by atoms with van der Waals surface area (Å²) in [5.74, 6) is -0.567. The van der Waals surface area contributed by atoms with Gasteiger partial charge in [0.25, 0.3) is 0 Å². The molecule has 0 N–H and O–H groups in total. The molecule has 0 aromatic heterocycles. The highest BCUT2D eigenvalue weighted by molar-refractivity contribution is 6.09. The molecule has 0 amide bonds. The van der Waals surface area contributed by atoms with Gasteiger partial charge in [0.05, 0.1) is 13.7 Å². The van der Waals surface area contributed by atoms with E-state index in [1.807, 2.05) is 105 Å². The topological polar surface area (TPSA) is 68.2 Å². The molecule has 0 bridgehead atoms. The fourth-order valence-electron chi connectivity index (χ4n) is 5.82. The highest BCUT2D eigenvalue weighted by Crippen LogP contribution is 2.47. The Balaban J connectivity index is 1.46. The van der Waals surface area contributed by atoms with E-state index >= 15 is 0 Å². The number of carbonyl (C=O) groups is 2. The van der Waals surface area contributed by atoms with E-state index in [0.717, 1.165) is 33.8 Å². The van der Waals surface area contributed by atoms with Crippen LogP contribution in [0.2, 0.25) is 0 Å². The first-order valence-corrected chi connectivity index (χ1v) is 13.8. The van der Waals surface area contributed by atoms with Crippen molar-refractivity contribution in [3.8, 4) is 5.75 Å². The summed E-state index contributed by atoms with van der Waals surface area (Å²) in [5, 5.41) is 0. The van der Waals surface area contributed by atoms with Gasteiger partial charge in [0.1, 0.15) is 11.7 Å². The maximum absolute atomic E-state index is 13.9. The molecular weight excluding hydrogens is 500 g/mol. The summed E-state index contributed by atoms with van der Waals surface area (Å²) in [6.45, 7) is 2.16. The third kappa shape index (κ3) is 5.71. The molecule has 6 nitrogen and oxygen atoms in total. The molecule has 3 atom stereocenters. The van der Waals surface area contributed by atoms with Crippen LogP contribution in [0.3, 0.4) is 0 Å². The molecule has 206 valence electrons. The maximum atomic E-state index is 13.9. The van der Waals surface area contributed by atoms with Crippen molar-refractivity contribution < 1.29 is 19.1 Å². The highest BCUT2D eigenvalue weighted by atomic mass is 16.5. The summed E-state index contributed by atoms with van der Waals surface area (Å²) in [6.07, 6.45) is 1.66. The number of ketones is 1. The molecule has 0 saturated heterocycles. The van der Waals surface area contributed by atoms with Gasteiger partial charge in [-0.25, -0.2) is 0 Å². The predicted octanol–water partition coefficient (Wildman–Crippen LogP) is 6.12. The Morgan fingerprint density at radius 2 is 1.60 bits per heavy atom. The first kappa shape index (κ1) is 27.4. The molecule has 1 aliphatic heterocycles. The smallest absolute Gasteiger partial charge is 0.315 e. The van der Waals surface area contributed by atoms with Crippen molar-refractivity contribution in [1.82, 2.24) is 0 Å². The summed E-state index contributed by atoms with van der Waals surface area (Å²) in [7, 11) is 5.62. The van der Waals surface area contributed by atoms with Gasteiger partial charge in [-0.1, -0.05) is 54.6 Å². The standard InChI is InChI=1S/C34H36N2O4/c1-22-31(34(38)40-19-18-23-8-6-5-7-9-23)32(25-10-14-27(15-11-25)36(2)3)33-29(35-22)20-26(21-30(33)37)24-12-16-28(39-4)17-13-24/h5-17,26,31-32H,18-21H2,1-4H3/t26-,31?,32-/m1/s1. The van der Waals surface area contributed by atoms with Gasteiger partial charge in [-0.15, -0.1) is 0 Å². The number of esters is 1. The van der Waals surface area contributed by atoms with Crippen molar-refractivity contribution in [2.45, 2.75) is 38.0 Å². The molecule has 6 heteroatoms. The van der Waals surface area contributed by atoms with E-state index in [1.165, 1.54) is 0 Å². The largest absolute Gasteiger partial charge is 0.497 e. The first-order chi connectivity index (χ1) is 19.4. The van der Waals surface area contributed by atoms with E-state index in [0.29, 0.717) is 30.5 Å². The highest BCUT2D eigenvalue weighted by Gasteiger charge is 2.44. The van der Waals surface area contributed by atoms with Crippen LogP contribution in [0.25, 0.3) is 0 Å². The number of hydrogen-bond donors (Lipinski definition) is 0. The zero-order chi connectivity index (χ0) is 28.2. The van der Waals surface area contributed by atoms with E-state index in [9.17, 15) is 9.59 Å². The number of ether oxygens (including phenoxy) is 2. The minimum atomic E-state index is -0.652. The Morgan fingerprint density at radius 1 is 0.925 bits per heavy atom. The van der Waals surface area contributed by atoms with E-state index < -0.39 is 11.8 Å². The number of Topliss-reactive ketones (excluding diaryl/α,β-unsaturated/α-hetero) is 1. The molecule has 2 aliphatic rings. The first-order valence-electron chi connectivity index (χ1n) is 13.8. The number of nitrogens with zero attached hydrogens (tertiary/aromatic N) is 2. The Labute approximate surface area is 236 Å². The third-order valence-corrected chi connectivity index (χ3v) is 7.98. The van der Waals surface area contributed by atoms with Gasteiger partial charge in [-0.3, -0.25) is 14.6 Å². The van der Waals surface area contributed by atoms with E-state index in [2.05, 4.69) is 0 Å². The lowest BCUT2D eigenvalue weighted by Gasteiger charge is -2.36. The van der Waals surface area contributed by atoms with Crippen molar-refractivity contribution >= 4 is 23.2 Å². The zero-order valence-corrected chi connectivity index (χ0v) is 23.6. The molecule has 0 saturated carbocycles. The fraction of sp³-hybridized carbons (Fsp3) is 0.324. The number of benzene rings is 3. The Kier molecular flexibility index (Phi) is 8.15. The van der Waals surface area contributed by atoms with Crippen LogP contribution in [0.15, 0.2) is 95.1 Å². The molecule has 1 unspecified atom stereocenters. The predicted molar refractivity (Wildman–Crippen MR) is 158 cm³/mol. The zero-order valence-electron chi connectivity index (χ0n) is 23.6. The summed E-state index contributed by atoms with van der Waals surface area (Å²) in [6, 6.07) is 26.0. The Hall–Kier alpha value is -4.19. The lowest BCUT2D eigenvalue weighted by atomic mass is 9.69. The van der Waals surface area contributed by atoms with Gasteiger partial charge in [0.2, 0.25) is 0 Å². The molecular formula is C34H36N2O4. The van der Waals surface area contributed by atoms with E-state index in [4.69, 9.17) is 14.5 Å². The van der Waals surface area contributed by atoms with Crippen LogP contribution in [-0.4, -0.2) is 45.3 Å². The van der Waals surface area contributed by atoms with Gasteiger partial charge in [-0.2, -0.15) is 0 Å². The molecule has 0 spiro atoms. The second-order valence-electron chi connectivity index (χ2n) is 10.8. The van der Waals surface area contributed by atoms with Crippen molar-refractivity contribution in [2.24, 2.45) is 10.9 Å². The number of carbonyl (C=O) groups excluding carboxylic acids is 2. The van der Waals surface area contributed by atoms with Crippen LogP contribution in [-0.2, 0) is 20.7 Å². The van der Waals surface area contributed by atoms with Crippen molar-refractivity contribution in [3.63, 3.8) is 0 Å².